The molecule has 2 aromatic carbocycles. The Labute approximate surface area is 174 Å². The Morgan fingerprint density at radius 3 is 2.50 bits per heavy atom. The average molecular weight is 466 g/mol. The Kier molecular flexibility index (Phi) is 5.51. The molecule has 0 aliphatic carbocycles. The van der Waals surface area contributed by atoms with Crippen LogP contribution in [0.15, 0.2) is 40.9 Å². The molecule has 0 saturated carbocycles. The third-order valence-corrected chi connectivity index (χ3v) is 5.49. The van der Waals surface area contributed by atoms with E-state index >= 15 is 0 Å². The maximum atomic E-state index is 11.4. The van der Waals surface area contributed by atoms with Gasteiger partial charge in [0.2, 0.25) is 10.0 Å². The third-order valence-electron chi connectivity index (χ3n) is 4.42. The summed E-state index contributed by atoms with van der Waals surface area (Å²) in [6, 6.07) is 9.34. The molecule has 0 fully saturated rings. The van der Waals surface area contributed by atoms with Crippen LogP contribution in [0.1, 0.15) is 37.5 Å². The summed E-state index contributed by atoms with van der Waals surface area (Å²) in [5.41, 5.74) is 3.32. The number of halogens is 1. The van der Waals surface area contributed by atoms with Gasteiger partial charge in [-0.05, 0) is 48.2 Å². The Bertz CT molecular complexity index is 1050. The molecule has 5 nitrogen and oxygen atoms in total. The van der Waals surface area contributed by atoms with Crippen LogP contribution in [-0.4, -0.2) is 21.8 Å². The van der Waals surface area contributed by atoms with Crippen molar-refractivity contribution in [2.24, 2.45) is 0 Å². The molecule has 1 heterocycles. The number of rotatable bonds is 4. The molecule has 0 saturated heterocycles. The van der Waals surface area contributed by atoms with Crippen molar-refractivity contribution >= 4 is 37.4 Å². The fraction of sp³-hybridized carbons (Fsp3) is 0.333. The van der Waals surface area contributed by atoms with Gasteiger partial charge in [-0.2, -0.15) is 0 Å². The minimum absolute atomic E-state index is 0.0940. The maximum Gasteiger partial charge on any atom is 0.229 e. The molecule has 1 aliphatic rings. The van der Waals surface area contributed by atoms with Gasteiger partial charge < -0.3 is 9.47 Å². The van der Waals surface area contributed by atoms with Crippen LogP contribution < -0.4 is 14.2 Å². The topological polar surface area (TPSA) is 64.6 Å². The number of allylic oxidation sites excluding steroid dienone is 1. The van der Waals surface area contributed by atoms with Crippen LogP contribution in [0.2, 0.25) is 0 Å². The van der Waals surface area contributed by atoms with Crippen molar-refractivity contribution in [1.82, 2.24) is 0 Å². The zero-order valence-electron chi connectivity index (χ0n) is 16.6. The number of ether oxygens (including phenoxy) is 2. The lowest BCUT2D eigenvalue weighted by Crippen LogP contribution is -2.15. The number of fused-ring (bicyclic) bond motifs is 1. The first-order valence-corrected chi connectivity index (χ1v) is 11.5. The van der Waals surface area contributed by atoms with Crippen LogP contribution in [0.5, 0.6) is 11.5 Å². The Morgan fingerprint density at radius 2 is 1.89 bits per heavy atom. The molecule has 3 rings (SSSR count). The zero-order valence-corrected chi connectivity index (χ0v) is 19.0. The predicted molar refractivity (Wildman–Crippen MR) is 117 cm³/mol. The number of benzene rings is 2. The summed E-state index contributed by atoms with van der Waals surface area (Å²) in [7, 11) is -1.65. The molecular formula is C21H24BrNO4S. The van der Waals surface area contributed by atoms with Crippen LogP contribution in [0.3, 0.4) is 0 Å². The fourth-order valence-corrected chi connectivity index (χ4v) is 4.21. The molecule has 1 aliphatic heterocycles. The highest BCUT2D eigenvalue weighted by molar-refractivity contribution is 9.10. The zero-order chi connectivity index (χ0) is 20.7. The average Bonchev–Trinajstić information content (AvgIpc) is 2.58. The van der Waals surface area contributed by atoms with Crippen molar-refractivity contribution < 1.29 is 17.9 Å². The second-order valence-electron chi connectivity index (χ2n) is 7.86. The standard InChI is InChI=1S/C21H24BrNO4S/c1-21(2,3)17-12-14(22)11-16(20(17)26-4)19-8-6-13-10-15(23-28(5,24)25)7-9-18(13)27-19/h7-12,23H,6H2,1-5H3. The minimum Gasteiger partial charge on any atom is -0.496 e. The molecule has 7 heteroatoms. The summed E-state index contributed by atoms with van der Waals surface area (Å²) in [6.07, 6.45) is 3.75. The number of hydrogen-bond acceptors (Lipinski definition) is 4. The second kappa shape index (κ2) is 7.44. The van der Waals surface area contributed by atoms with E-state index in [1.807, 2.05) is 12.1 Å². The summed E-state index contributed by atoms with van der Waals surface area (Å²) in [5, 5.41) is 0. The molecule has 0 aromatic heterocycles. The van der Waals surface area contributed by atoms with Crippen molar-refractivity contribution in [3.8, 4) is 11.5 Å². The summed E-state index contributed by atoms with van der Waals surface area (Å²) in [5.74, 6) is 2.22. The Balaban J connectivity index is 2.00. The molecule has 0 spiro atoms. The highest BCUT2D eigenvalue weighted by Crippen LogP contribution is 2.42. The van der Waals surface area contributed by atoms with Gasteiger partial charge in [0.1, 0.15) is 17.3 Å². The van der Waals surface area contributed by atoms with Crippen molar-refractivity contribution in [3.05, 3.63) is 57.6 Å². The van der Waals surface area contributed by atoms with Gasteiger partial charge >= 0.3 is 0 Å². The Morgan fingerprint density at radius 1 is 1.18 bits per heavy atom. The smallest absolute Gasteiger partial charge is 0.229 e. The summed E-state index contributed by atoms with van der Waals surface area (Å²) in [6.45, 7) is 6.42. The largest absolute Gasteiger partial charge is 0.496 e. The molecule has 28 heavy (non-hydrogen) atoms. The lowest BCUT2D eigenvalue weighted by atomic mass is 9.84. The van der Waals surface area contributed by atoms with Gasteiger partial charge in [-0.25, -0.2) is 8.42 Å². The van der Waals surface area contributed by atoms with Gasteiger partial charge in [0, 0.05) is 21.3 Å². The van der Waals surface area contributed by atoms with Gasteiger partial charge in [0.25, 0.3) is 0 Å². The van der Waals surface area contributed by atoms with Crippen molar-refractivity contribution in [2.75, 3.05) is 18.1 Å². The monoisotopic (exact) mass is 465 g/mol. The second-order valence-corrected chi connectivity index (χ2v) is 10.5. The molecule has 0 bridgehead atoms. The lowest BCUT2D eigenvalue weighted by molar-refractivity contribution is 0.392. The van der Waals surface area contributed by atoms with E-state index in [1.54, 1.807) is 25.3 Å². The van der Waals surface area contributed by atoms with Crippen LogP contribution in [0, 0.1) is 0 Å². The summed E-state index contributed by atoms with van der Waals surface area (Å²) < 4.78 is 38.3. The first kappa shape index (κ1) is 20.7. The molecule has 0 amide bonds. The number of hydrogen-bond donors (Lipinski definition) is 1. The Hall–Kier alpha value is -1.99. The van der Waals surface area contributed by atoms with Crippen molar-refractivity contribution in [2.45, 2.75) is 32.6 Å². The van der Waals surface area contributed by atoms with E-state index in [-0.39, 0.29) is 5.41 Å². The number of anilines is 1. The minimum atomic E-state index is -3.32. The van der Waals surface area contributed by atoms with E-state index in [2.05, 4.69) is 47.5 Å². The number of nitrogens with one attached hydrogen (secondary N) is 1. The molecule has 0 unspecified atom stereocenters. The van der Waals surface area contributed by atoms with Gasteiger partial charge in [0.05, 0.1) is 18.9 Å². The quantitative estimate of drug-likeness (QED) is 0.681. The molecule has 1 N–H and O–H groups in total. The van der Waals surface area contributed by atoms with E-state index < -0.39 is 10.0 Å². The SMILES string of the molecule is COc1c(C2=CCc3cc(NS(C)(=O)=O)ccc3O2)cc(Br)cc1C(C)(C)C. The van der Waals surface area contributed by atoms with Crippen molar-refractivity contribution in [1.29, 1.82) is 0 Å². The summed E-state index contributed by atoms with van der Waals surface area (Å²) >= 11 is 3.60. The molecule has 150 valence electrons. The summed E-state index contributed by atoms with van der Waals surface area (Å²) in [4.78, 5) is 0. The lowest BCUT2D eigenvalue weighted by Gasteiger charge is -2.26. The number of methoxy groups -OCH3 is 1. The van der Waals surface area contributed by atoms with Crippen LogP contribution in [-0.2, 0) is 21.9 Å². The van der Waals surface area contributed by atoms with Gasteiger partial charge in [0.15, 0.2) is 0 Å². The molecule has 0 atom stereocenters. The van der Waals surface area contributed by atoms with Gasteiger partial charge in [-0.1, -0.05) is 36.7 Å². The molecule has 0 radical (unpaired) electrons. The van der Waals surface area contributed by atoms with Gasteiger partial charge in [-0.3, -0.25) is 4.72 Å². The first-order chi connectivity index (χ1) is 13.0. The number of sulfonamides is 1. The van der Waals surface area contributed by atoms with Crippen LogP contribution in [0.25, 0.3) is 5.76 Å². The van der Waals surface area contributed by atoms with Crippen molar-refractivity contribution in [3.63, 3.8) is 0 Å². The van der Waals surface area contributed by atoms with Crippen LogP contribution in [0.4, 0.5) is 5.69 Å². The van der Waals surface area contributed by atoms with Gasteiger partial charge in [-0.15, -0.1) is 0 Å². The van der Waals surface area contributed by atoms with E-state index in [9.17, 15) is 8.42 Å². The third kappa shape index (κ3) is 4.52. The van der Waals surface area contributed by atoms with E-state index in [0.29, 0.717) is 17.9 Å². The fourth-order valence-electron chi connectivity index (χ4n) is 3.20. The molecule has 2 aromatic rings. The first-order valence-electron chi connectivity index (χ1n) is 8.85. The van der Waals surface area contributed by atoms with Crippen LogP contribution >= 0.6 is 15.9 Å². The maximum absolute atomic E-state index is 11.4. The normalized spacial score (nSPS) is 14.0. The van der Waals surface area contributed by atoms with E-state index in [0.717, 1.165) is 38.9 Å². The predicted octanol–water partition coefficient (Wildman–Crippen LogP) is 5.10. The highest BCUT2D eigenvalue weighted by atomic mass is 79.9. The highest BCUT2D eigenvalue weighted by Gasteiger charge is 2.25. The van der Waals surface area contributed by atoms with E-state index in [4.69, 9.17) is 9.47 Å². The van der Waals surface area contributed by atoms with E-state index in [1.165, 1.54) is 0 Å². The molecular weight excluding hydrogens is 442 g/mol.